The Morgan fingerprint density at radius 1 is 1.11 bits per heavy atom. The van der Waals surface area contributed by atoms with Crippen molar-refractivity contribution in [3.8, 4) is 0 Å². The maximum absolute atomic E-state index is 11.5. The van der Waals surface area contributed by atoms with Gasteiger partial charge in [-0.2, -0.15) is 0 Å². The van der Waals surface area contributed by atoms with Gasteiger partial charge in [-0.05, 0) is 26.7 Å². The Morgan fingerprint density at radius 3 is 2.26 bits per heavy atom. The van der Waals surface area contributed by atoms with Gasteiger partial charge in [-0.1, -0.05) is 6.42 Å². The molecule has 0 bridgehead atoms. The molecular formula is C13H24N2O4. The number of rotatable bonds is 9. The third-order valence-corrected chi connectivity index (χ3v) is 2.98. The Hall–Kier alpha value is -1.59. The Kier molecular flexibility index (Phi) is 8.57. The monoisotopic (exact) mass is 272 g/mol. The maximum atomic E-state index is 11.5. The first-order chi connectivity index (χ1) is 8.84. The van der Waals surface area contributed by atoms with Crippen LogP contribution in [0.2, 0.25) is 0 Å². The number of carbonyl (C=O) groups excluding carboxylic acids is 2. The van der Waals surface area contributed by atoms with Gasteiger partial charge in [0.05, 0.1) is 5.92 Å². The van der Waals surface area contributed by atoms with Crippen molar-refractivity contribution in [2.75, 3.05) is 6.54 Å². The van der Waals surface area contributed by atoms with Gasteiger partial charge in [-0.25, -0.2) is 0 Å². The van der Waals surface area contributed by atoms with E-state index in [-0.39, 0.29) is 17.9 Å². The second-order valence-corrected chi connectivity index (χ2v) is 4.78. The Bertz CT molecular complexity index is 318. The summed E-state index contributed by atoms with van der Waals surface area (Å²) in [4.78, 5) is 32.9. The number of unbranched alkanes of at least 4 members (excludes halogenated alkanes) is 2. The molecule has 0 fully saturated rings. The van der Waals surface area contributed by atoms with Crippen LogP contribution < -0.4 is 10.6 Å². The van der Waals surface area contributed by atoms with Crippen molar-refractivity contribution in [1.82, 2.24) is 10.6 Å². The molecule has 0 aliphatic carbocycles. The second kappa shape index (κ2) is 9.35. The van der Waals surface area contributed by atoms with Gasteiger partial charge in [-0.15, -0.1) is 0 Å². The van der Waals surface area contributed by atoms with Crippen LogP contribution >= 0.6 is 0 Å². The average molecular weight is 272 g/mol. The SMILES string of the molecule is CC(=O)NCCCCCC(=O)NC(C)C(C)C(=O)O. The first-order valence-electron chi connectivity index (χ1n) is 6.61. The number of carboxylic acids is 1. The summed E-state index contributed by atoms with van der Waals surface area (Å²) < 4.78 is 0. The van der Waals surface area contributed by atoms with E-state index in [1.807, 2.05) is 0 Å². The number of amides is 2. The zero-order chi connectivity index (χ0) is 14.8. The normalized spacial score (nSPS) is 13.4. The van der Waals surface area contributed by atoms with E-state index < -0.39 is 11.9 Å². The zero-order valence-electron chi connectivity index (χ0n) is 11.9. The maximum Gasteiger partial charge on any atom is 0.308 e. The molecule has 0 aromatic heterocycles. The molecule has 2 amide bonds. The predicted octanol–water partition coefficient (Wildman–Crippen LogP) is 0.908. The summed E-state index contributed by atoms with van der Waals surface area (Å²) >= 11 is 0. The van der Waals surface area contributed by atoms with E-state index in [4.69, 9.17) is 5.11 Å². The fourth-order valence-corrected chi connectivity index (χ4v) is 1.52. The number of aliphatic carboxylic acids is 1. The Morgan fingerprint density at radius 2 is 1.74 bits per heavy atom. The van der Waals surface area contributed by atoms with Crippen LogP contribution in [-0.2, 0) is 14.4 Å². The summed E-state index contributed by atoms with van der Waals surface area (Å²) in [5, 5.41) is 14.2. The van der Waals surface area contributed by atoms with Crippen LogP contribution in [0.4, 0.5) is 0 Å². The van der Waals surface area contributed by atoms with Crippen molar-refractivity contribution in [1.29, 1.82) is 0 Å². The number of hydrogen-bond acceptors (Lipinski definition) is 3. The molecule has 0 saturated heterocycles. The van der Waals surface area contributed by atoms with Crippen LogP contribution in [0, 0.1) is 5.92 Å². The highest BCUT2D eigenvalue weighted by atomic mass is 16.4. The number of carbonyl (C=O) groups is 3. The van der Waals surface area contributed by atoms with E-state index in [2.05, 4.69) is 10.6 Å². The molecule has 6 heteroatoms. The molecule has 110 valence electrons. The van der Waals surface area contributed by atoms with Crippen LogP contribution in [0.25, 0.3) is 0 Å². The van der Waals surface area contributed by atoms with E-state index in [1.165, 1.54) is 6.92 Å². The molecule has 6 nitrogen and oxygen atoms in total. The second-order valence-electron chi connectivity index (χ2n) is 4.78. The third kappa shape index (κ3) is 9.04. The summed E-state index contributed by atoms with van der Waals surface area (Å²) in [6.45, 7) is 5.36. The predicted molar refractivity (Wildman–Crippen MR) is 71.6 cm³/mol. The molecule has 0 radical (unpaired) electrons. The molecule has 2 atom stereocenters. The molecule has 0 spiro atoms. The Labute approximate surface area is 113 Å². The van der Waals surface area contributed by atoms with Gasteiger partial charge < -0.3 is 15.7 Å². The molecule has 0 aliphatic heterocycles. The Balaban J connectivity index is 3.64. The van der Waals surface area contributed by atoms with Crippen molar-refractivity contribution in [3.63, 3.8) is 0 Å². The molecule has 0 aromatic carbocycles. The highest BCUT2D eigenvalue weighted by molar-refractivity contribution is 5.77. The highest BCUT2D eigenvalue weighted by Gasteiger charge is 2.20. The molecule has 19 heavy (non-hydrogen) atoms. The quantitative estimate of drug-likeness (QED) is 0.544. The van der Waals surface area contributed by atoms with Gasteiger partial charge in [-0.3, -0.25) is 14.4 Å². The fraction of sp³-hybridized carbons (Fsp3) is 0.769. The first kappa shape index (κ1) is 17.4. The molecule has 0 aromatic rings. The van der Waals surface area contributed by atoms with Crippen LogP contribution in [-0.4, -0.2) is 35.5 Å². The topological polar surface area (TPSA) is 95.5 Å². The van der Waals surface area contributed by atoms with E-state index in [0.717, 1.165) is 19.3 Å². The third-order valence-electron chi connectivity index (χ3n) is 2.98. The van der Waals surface area contributed by atoms with E-state index in [9.17, 15) is 14.4 Å². The van der Waals surface area contributed by atoms with E-state index in [1.54, 1.807) is 13.8 Å². The lowest BCUT2D eigenvalue weighted by Gasteiger charge is -2.17. The van der Waals surface area contributed by atoms with Gasteiger partial charge in [0, 0.05) is 25.9 Å². The molecule has 2 unspecified atom stereocenters. The van der Waals surface area contributed by atoms with Crippen molar-refractivity contribution < 1.29 is 19.5 Å². The van der Waals surface area contributed by atoms with Crippen LogP contribution in [0.15, 0.2) is 0 Å². The van der Waals surface area contributed by atoms with Gasteiger partial charge in [0.2, 0.25) is 11.8 Å². The summed E-state index contributed by atoms with van der Waals surface area (Å²) in [5.41, 5.74) is 0. The van der Waals surface area contributed by atoms with Crippen LogP contribution in [0.1, 0.15) is 46.5 Å². The van der Waals surface area contributed by atoms with E-state index >= 15 is 0 Å². The smallest absolute Gasteiger partial charge is 0.308 e. The number of nitrogens with one attached hydrogen (secondary N) is 2. The lowest BCUT2D eigenvalue weighted by atomic mass is 10.0. The zero-order valence-corrected chi connectivity index (χ0v) is 11.9. The lowest BCUT2D eigenvalue weighted by Crippen LogP contribution is -2.39. The largest absolute Gasteiger partial charge is 0.481 e. The minimum Gasteiger partial charge on any atom is -0.481 e. The molecule has 3 N–H and O–H groups in total. The lowest BCUT2D eigenvalue weighted by molar-refractivity contribution is -0.142. The summed E-state index contributed by atoms with van der Waals surface area (Å²) in [6.07, 6.45) is 2.82. The van der Waals surface area contributed by atoms with Crippen molar-refractivity contribution in [3.05, 3.63) is 0 Å². The summed E-state index contributed by atoms with van der Waals surface area (Å²) in [6, 6.07) is -0.371. The molecular weight excluding hydrogens is 248 g/mol. The van der Waals surface area contributed by atoms with Gasteiger partial charge >= 0.3 is 5.97 Å². The van der Waals surface area contributed by atoms with Crippen LogP contribution in [0.5, 0.6) is 0 Å². The van der Waals surface area contributed by atoms with E-state index in [0.29, 0.717) is 13.0 Å². The molecule has 0 aliphatic rings. The van der Waals surface area contributed by atoms with Crippen molar-refractivity contribution >= 4 is 17.8 Å². The molecule has 0 saturated carbocycles. The molecule has 0 heterocycles. The standard InChI is InChI=1S/C13H24N2O4/c1-9(13(18)19)10(2)15-12(17)7-5-4-6-8-14-11(3)16/h9-10H,4-8H2,1-3H3,(H,14,16)(H,15,17)(H,18,19). The molecule has 0 rings (SSSR count). The first-order valence-corrected chi connectivity index (χ1v) is 6.61. The number of hydrogen-bond donors (Lipinski definition) is 3. The van der Waals surface area contributed by atoms with Crippen molar-refractivity contribution in [2.45, 2.75) is 52.5 Å². The average Bonchev–Trinajstić information content (AvgIpc) is 2.31. The highest BCUT2D eigenvalue weighted by Crippen LogP contribution is 2.04. The van der Waals surface area contributed by atoms with Crippen molar-refractivity contribution in [2.24, 2.45) is 5.92 Å². The number of carboxylic acid groups (broad SMARTS) is 1. The summed E-state index contributed by atoms with van der Waals surface area (Å²) in [5.74, 6) is -1.68. The van der Waals surface area contributed by atoms with Gasteiger partial charge in [0.15, 0.2) is 0 Å². The summed E-state index contributed by atoms with van der Waals surface area (Å²) in [7, 11) is 0. The van der Waals surface area contributed by atoms with Gasteiger partial charge in [0.1, 0.15) is 0 Å². The minimum atomic E-state index is -0.914. The fourth-order valence-electron chi connectivity index (χ4n) is 1.52. The minimum absolute atomic E-state index is 0.0470. The van der Waals surface area contributed by atoms with Gasteiger partial charge in [0.25, 0.3) is 0 Å². The van der Waals surface area contributed by atoms with Crippen LogP contribution in [0.3, 0.4) is 0 Å².